The van der Waals surface area contributed by atoms with Crippen LogP contribution in [0.25, 0.3) is 5.76 Å². The van der Waals surface area contributed by atoms with Crippen LogP contribution in [0.4, 0.5) is 5.69 Å². The van der Waals surface area contributed by atoms with E-state index in [-0.39, 0.29) is 32.7 Å². The van der Waals surface area contributed by atoms with Crippen molar-refractivity contribution in [1.82, 2.24) is 9.80 Å². The van der Waals surface area contributed by atoms with Gasteiger partial charge in [0.15, 0.2) is 0 Å². The Hall–Kier alpha value is -2.74. The largest absolute Gasteiger partial charge is 0.507 e. The van der Waals surface area contributed by atoms with Crippen LogP contribution < -0.4 is 9.64 Å². The van der Waals surface area contributed by atoms with Crippen LogP contribution in [-0.2, 0) is 9.59 Å². The molecule has 1 aliphatic rings. The SMILES string of the molecule is COc1c(Cl)cc(Cl)cc1/C(O)=C1\C(=O)C(=O)N(CCN(C)C)C1c1ccc(N(C)C)cc1. The number of hydrogen-bond donors (Lipinski definition) is 1. The van der Waals surface area contributed by atoms with Crippen molar-refractivity contribution in [2.45, 2.75) is 6.04 Å². The summed E-state index contributed by atoms with van der Waals surface area (Å²) < 4.78 is 5.36. The summed E-state index contributed by atoms with van der Waals surface area (Å²) in [6.45, 7) is 0.855. The summed E-state index contributed by atoms with van der Waals surface area (Å²) in [5.41, 5.74) is 1.78. The number of benzene rings is 2. The smallest absolute Gasteiger partial charge is 0.295 e. The van der Waals surface area contributed by atoms with E-state index in [9.17, 15) is 14.7 Å². The van der Waals surface area contributed by atoms with Gasteiger partial charge in [-0.2, -0.15) is 0 Å². The van der Waals surface area contributed by atoms with Gasteiger partial charge in [0.25, 0.3) is 11.7 Å². The van der Waals surface area contributed by atoms with Gasteiger partial charge in [-0.3, -0.25) is 9.59 Å². The molecule has 1 amide bonds. The molecule has 2 aromatic rings. The van der Waals surface area contributed by atoms with Crippen LogP contribution in [-0.4, -0.2) is 75.0 Å². The van der Waals surface area contributed by atoms with Crippen molar-refractivity contribution < 1.29 is 19.4 Å². The molecule has 0 bridgehead atoms. The van der Waals surface area contributed by atoms with E-state index in [0.29, 0.717) is 18.7 Å². The number of amides is 1. The van der Waals surface area contributed by atoms with E-state index in [2.05, 4.69) is 0 Å². The fourth-order valence-corrected chi connectivity index (χ4v) is 4.38. The van der Waals surface area contributed by atoms with Crippen LogP contribution in [0.5, 0.6) is 5.75 Å². The molecule has 1 unspecified atom stereocenters. The molecule has 176 valence electrons. The summed E-state index contributed by atoms with van der Waals surface area (Å²) in [7, 11) is 9.02. The lowest BCUT2D eigenvalue weighted by molar-refractivity contribution is -0.140. The highest BCUT2D eigenvalue weighted by Crippen LogP contribution is 2.43. The number of Topliss-reactive ketones (excluding diaryl/α,β-unsaturated/α-hetero) is 1. The molecule has 0 spiro atoms. The van der Waals surface area contributed by atoms with Gasteiger partial charge in [0, 0.05) is 37.9 Å². The maximum Gasteiger partial charge on any atom is 0.295 e. The van der Waals surface area contributed by atoms with E-state index in [4.69, 9.17) is 27.9 Å². The fourth-order valence-electron chi connectivity index (χ4n) is 3.81. The Kier molecular flexibility index (Phi) is 7.57. The summed E-state index contributed by atoms with van der Waals surface area (Å²) in [4.78, 5) is 31.6. The molecule has 0 saturated carbocycles. The van der Waals surface area contributed by atoms with Crippen LogP contribution in [0.1, 0.15) is 17.2 Å². The van der Waals surface area contributed by atoms with Gasteiger partial charge in [0.2, 0.25) is 0 Å². The van der Waals surface area contributed by atoms with Gasteiger partial charge in [0.1, 0.15) is 11.5 Å². The Morgan fingerprint density at radius 2 is 1.73 bits per heavy atom. The van der Waals surface area contributed by atoms with Gasteiger partial charge in [-0.05, 0) is 43.9 Å². The maximum atomic E-state index is 13.2. The van der Waals surface area contributed by atoms with Gasteiger partial charge in [-0.1, -0.05) is 35.3 Å². The van der Waals surface area contributed by atoms with Crippen molar-refractivity contribution in [2.24, 2.45) is 0 Å². The second kappa shape index (κ2) is 10.0. The third kappa shape index (κ3) is 4.95. The Balaban J connectivity index is 2.23. The first-order valence-corrected chi connectivity index (χ1v) is 11.1. The van der Waals surface area contributed by atoms with Gasteiger partial charge >= 0.3 is 0 Å². The monoisotopic (exact) mass is 491 g/mol. The van der Waals surface area contributed by atoms with Crippen molar-refractivity contribution in [3.63, 3.8) is 0 Å². The van der Waals surface area contributed by atoms with Crippen molar-refractivity contribution in [3.05, 3.63) is 63.1 Å². The number of rotatable bonds is 7. The summed E-state index contributed by atoms with van der Waals surface area (Å²) in [6.07, 6.45) is 0. The summed E-state index contributed by atoms with van der Waals surface area (Å²) in [5, 5.41) is 11.7. The first kappa shape index (κ1) is 24.9. The van der Waals surface area contributed by atoms with Crippen LogP contribution in [0, 0.1) is 0 Å². The summed E-state index contributed by atoms with van der Waals surface area (Å²) >= 11 is 12.4. The van der Waals surface area contributed by atoms with E-state index >= 15 is 0 Å². The minimum Gasteiger partial charge on any atom is -0.507 e. The molecule has 0 radical (unpaired) electrons. The van der Waals surface area contributed by atoms with E-state index in [1.54, 1.807) is 0 Å². The number of anilines is 1. The van der Waals surface area contributed by atoms with Crippen molar-refractivity contribution in [1.29, 1.82) is 0 Å². The number of ketones is 1. The maximum absolute atomic E-state index is 13.2. The quantitative estimate of drug-likeness (QED) is 0.357. The van der Waals surface area contributed by atoms with E-state index < -0.39 is 17.7 Å². The van der Waals surface area contributed by atoms with E-state index in [0.717, 1.165) is 5.69 Å². The minimum atomic E-state index is -0.774. The van der Waals surface area contributed by atoms with Gasteiger partial charge in [-0.25, -0.2) is 0 Å². The molecule has 33 heavy (non-hydrogen) atoms. The van der Waals surface area contributed by atoms with Crippen LogP contribution in [0.3, 0.4) is 0 Å². The second-order valence-corrected chi connectivity index (χ2v) is 9.09. The molecule has 1 atom stereocenters. The fraction of sp³-hybridized carbons (Fsp3) is 0.333. The molecule has 1 fully saturated rings. The molecule has 1 N–H and O–H groups in total. The number of hydrogen-bond acceptors (Lipinski definition) is 6. The van der Waals surface area contributed by atoms with Gasteiger partial charge in [-0.15, -0.1) is 0 Å². The molecule has 9 heteroatoms. The first-order valence-electron chi connectivity index (χ1n) is 10.3. The number of carbonyl (C=O) groups excluding carboxylic acids is 2. The molecule has 1 aliphatic heterocycles. The zero-order chi connectivity index (χ0) is 24.4. The van der Waals surface area contributed by atoms with Gasteiger partial charge < -0.3 is 24.5 Å². The standard InChI is InChI=1S/C24H27Cl2N3O4/c1-27(2)10-11-29-20(14-6-8-16(9-7-14)28(3)4)19(22(31)24(29)32)21(30)17-12-15(25)13-18(26)23(17)33-5/h6-9,12-13,20,30H,10-11H2,1-5H3/b21-19+. The van der Waals surface area contributed by atoms with Crippen LogP contribution in [0.2, 0.25) is 10.0 Å². The number of likely N-dealkylation sites (N-methyl/N-ethyl adjacent to an activating group) is 1. The average Bonchev–Trinajstić information content (AvgIpc) is 3.01. The molecule has 7 nitrogen and oxygen atoms in total. The highest BCUT2D eigenvalue weighted by molar-refractivity contribution is 6.46. The summed E-state index contributed by atoms with van der Waals surface area (Å²) in [5.74, 6) is -1.67. The first-order chi connectivity index (χ1) is 15.6. The molecule has 1 saturated heterocycles. The number of nitrogens with zero attached hydrogens (tertiary/aromatic N) is 3. The van der Waals surface area contributed by atoms with Crippen molar-refractivity contribution in [3.8, 4) is 5.75 Å². The van der Waals surface area contributed by atoms with E-state index in [1.165, 1.54) is 24.1 Å². The Morgan fingerprint density at radius 3 is 2.27 bits per heavy atom. The molecular formula is C24H27Cl2N3O4. The van der Waals surface area contributed by atoms with Crippen molar-refractivity contribution in [2.75, 3.05) is 53.3 Å². The lowest BCUT2D eigenvalue weighted by atomic mass is 9.94. The Morgan fingerprint density at radius 1 is 1.09 bits per heavy atom. The molecule has 0 aliphatic carbocycles. The highest BCUT2D eigenvalue weighted by Gasteiger charge is 2.46. The summed E-state index contributed by atoms with van der Waals surface area (Å²) in [6, 6.07) is 9.67. The molecule has 1 heterocycles. The Labute approximate surface area is 203 Å². The zero-order valence-corrected chi connectivity index (χ0v) is 20.7. The lowest BCUT2D eigenvalue weighted by Gasteiger charge is -2.27. The number of aliphatic hydroxyl groups excluding tert-OH is 1. The number of ether oxygens (including phenoxy) is 1. The minimum absolute atomic E-state index is 0.0343. The number of carbonyl (C=O) groups is 2. The third-order valence-corrected chi connectivity index (χ3v) is 6.02. The topological polar surface area (TPSA) is 73.3 Å². The average molecular weight is 492 g/mol. The number of halogens is 2. The molecule has 3 rings (SSSR count). The number of likely N-dealkylation sites (tertiary alicyclic amines) is 1. The van der Waals surface area contributed by atoms with Crippen LogP contribution >= 0.6 is 23.2 Å². The molecule has 2 aromatic carbocycles. The van der Waals surface area contributed by atoms with Gasteiger partial charge in [0.05, 0.1) is 29.3 Å². The molecule has 0 aromatic heterocycles. The predicted molar refractivity (Wildman–Crippen MR) is 131 cm³/mol. The van der Waals surface area contributed by atoms with Crippen LogP contribution in [0.15, 0.2) is 42.0 Å². The molecular weight excluding hydrogens is 465 g/mol. The van der Waals surface area contributed by atoms with E-state index in [1.807, 2.05) is 62.3 Å². The van der Waals surface area contributed by atoms with Crippen molar-refractivity contribution >= 4 is 46.3 Å². The Bertz CT molecular complexity index is 1100. The predicted octanol–water partition coefficient (Wildman–Crippen LogP) is 4.05. The zero-order valence-electron chi connectivity index (χ0n) is 19.2. The highest BCUT2D eigenvalue weighted by atomic mass is 35.5. The number of aliphatic hydroxyl groups is 1. The second-order valence-electron chi connectivity index (χ2n) is 8.25. The number of methoxy groups -OCH3 is 1. The third-order valence-electron chi connectivity index (χ3n) is 5.52. The normalized spacial score (nSPS) is 17.7. The lowest BCUT2D eigenvalue weighted by Crippen LogP contribution is -2.35.